The van der Waals surface area contributed by atoms with E-state index in [4.69, 9.17) is 21.1 Å². The van der Waals surface area contributed by atoms with Gasteiger partial charge < -0.3 is 14.8 Å². The number of aryl methyl sites for hydroxylation is 1. The first-order chi connectivity index (χ1) is 13.0. The normalized spacial score (nSPS) is 11.0. The molecule has 1 N–H and O–H groups in total. The van der Waals surface area contributed by atoms with Crippen LogP contribution in [0.2, 0.25) is 5.28 Å². The highest BCUT2D eigenvalue weighted by molar-refractivity contribution is 6.29. The first-order valence-corrected chi connectivity index (χ1v) is 8.71. The van der Waals surface area contributed by atoms with Crippen LogP contribution in [-0.4, -0.2) is 51.0 Å². The minimum Gasteiger partial charge on any atom is -0.464 e. The molecule has 142 valence electrons. The van der Waals surface area contributed by atoms with Gasteiger partial charge in [0.2, 0.25) is 5.28 Å². The predicted molar refractivity (Wildman–Crippen MR) is 100 cm³/mol. The number of carbonyl (C=O) groups is 1. The second-order valence-electron chi connectivity index (χ2n) is 5.64. The van der Waals surface area contributed by atoms with Gasteiger partial charge in [0.15, 0.2) is 11.5 Å². The van der Waals surface area contributed by atoms with Crippen molar-refractivity contribution in [2.75, 3.05) is 25.6 Å². The molecule has 0 atom stereocenters. The van der Waals surface area contributed by atoms with E-state index in [1.165, 1.54) is 7.11 Å². The molecule has 0 amide bonds. The Balaban J connectivity index is 2.13. The summed E-state index contributed by atoms with van der Waals surface area (Å²) < 4.78 is 11.8. The third-order valence-electron chi connectivity index (χ3n) is 3.75. The summed E-state index contributed by atoms with van der Waals surface area (Å²) in [6, 6.07) is 3.75. The van der Waals surface area contributed by atoms with Gasteiger partial charge in [0.05, 0.1) is 20.3 Å². The number of anilines is 2. The number of pyridine rings is 1. The van der Waals surface area contributed by atoms with Gasteiger partial charge >= 0.3 is 5.97 Å². The molecule has 27 heavy (non-hydrogen) atoms. The molecule has 3 rings (SSSR count). The van der Waals surface area contributed by atoms with Crippen molar-refractivity contribution in [2.24, 2.45) is 0 Å². The van der Waals surface area contributed by atoms with Crippen molar-refractivity contribution in [3.63, 3.8) is 0 Å². The summed E-state index contributed by atoms with van der Waals surface area (Å²) in [5.41, 5.74) is 1.91. The largest absolute Gasteiger partial charge is 0.464 e. The quantitative estimate of drug-likeness (QED) is 0.373. The Morgan fingerprint density at radius 2 is 2.19 bits per heavy atom. The maximum Gasteiger partial charge on any atom is 0.360 e. The molecule has 0 fully saturated rings. The number of carbonyl (C=O) groups excluding carboxylic acids is 1. The van der Waals surface area contributed by atoms with Gasteiger partial charge in [-0.3, -0.25) is 4.68 Å². The molecule has 0 aliphatic carbocycles. The van der Waals surface area contributed by atoms with Crippen LogP contribution >= 0.6 is 11.6 Å². The second kappa shape index (κ2) is 8.28. The Hall–Kier alpha value is -2.78. The Bertz CT molecular complexity index is 975. The van der Waals surface area contributed by atoms with Gasteiger partial charge in [0.25, 0.3) is 0 Å². The summed E-state index contributed by atoms with van der Waals surface area (Å²) in [6.07, 6.45) is 1.68. The van der Waals surface area contributed by atoms with Gasteiger partial charge in [-0.25, -0.2) is 14.8 Å². The van der Waals surface area contributed by atoms with Gasteiger partial charge in [0.1, 0.15) is 16.9 Å². The van der Waals surface area contributed by atoms with Crippen molar-refractivity contribution < 1.29 is 14.3 Å². The number of hydrogen-bond donors (Lipinski definition) is 1. The highest BCUT2D eigenvalue weighted by Gasteiger charge is 2.23. The lowest BCUT2D eigenvalue weighted by atomic mass is 10.3. The van der Waals surface area contributed by atoms with Crippen molar-refractivity contribution in [2.45, 2.75) is 20.4 Å². The number of nitrogens with zero attached hydrogens (tertiary/aromatic N) is 5. The zero-order valence-corrected chi connectivity index (χ0v) is 15.9. The summed E-state index contributed by atoms with van der Waals surface area (Å²) in [5.74, 6) is 0.370. The van der Waals surface area contributed by atoms with Crippen molar-refractivity contribution in [1.29, 1.82) is 0 Å². The van der Waals surface area contributed by atoms with E-state index in [1.54, 1.807) is 10.9 Å². The molecular weight excluding hydrogens is 372 g/mol. The molecule has 0 unspecified atom stereocenters. The van der Waals surface area contributed by atoms with Crippen LogP contribution in [0.3, 0.4) is 0 Å². The van der Waals surface area contributed by atoms with E-state index in [1.807, 2.05) is 26.0 Å². The van der Waals surface area contributed by atoms with Crippen LogP contribution in [0.4, 0.5) is 11.6 Å². The van der Waals surface area contributed by atoms with Gasteiger partial charge in [-0.2, -0.15) is 10.1 Å². The Morgan fingerprint density at radius 1 is 1.37 bits per heavy atom. The van der Waals surface area contributed by atoms with Gasteiger partial charge in [0, 0.05) is 12.8 Å². The first kappa shape index (κ1) is 19.0. The fraction of sp³-hybridized carbons (Fsp3) is 0.353. The summed E-state index contributed by atoms with van der Waals surface area (Å²) in [5, 5.41) is 7.44. The molecule has 0 aromatic carbocycles. The van der Waals surface area contributed by atoms with Crippen molar-refractivity contribution >= 4 is 40.2 Å². The molecule has 0 spiro atoms. The lowest BCUT2D eigenvalue weighted by Crippen LogP contribution is -2.10. The van der Waals surface area contributed by atoms with Gasteiger partial charge in [-0.15, -0.1) is 0 Å². The molecule has 3 aromatic heterocycles. The van der Waals surface area contributed by atoms with Crippen molar-refractivity contribution in [3.8, 4) is 0 Å². The average molecular weight is 391 g/mol. The maximum atomic E-state index is 12.1. The lowest BCUT2D eigenvalue weighted by molar-refractivity contribution is 0.0594. The van der Waals surface area contributed by atoms with E-state index in [0.717, 1.165) is 5.56 Å². The van der Waals surface area contributed by atoms with E-state index in [9.17, 15) is 4.79 Å². The summed E-state index contributed by atoms with van der Waals surface area (Å²) in [6.45, 7) is 5.25. The highest BCUT2D eigenvalue weighted by atomic mass is 35.5. The van der Waals surface area contributed by atoms with Crippen LogP contribution in [0, 0.1) is 6.92 Å². The standard InChI is InChI=1S/C17H19ClN6O3/c1-4-27-8-7-24-14-12(13(23-24)16(25)26-3)21-17(18)22-15(14)20-11-9-10(2)5-6-19-11/h5-6,9H,4,7-8H2,1-3H3,(H,19,20,21,22). The smallest absolute Gasteiger partial charge is 0.360 e. The van der Waals surface area contributed by atoms with Crippen LogP contribution in [0.25, 0.3) is 11.0 Å². The lowest BCUT2D eigenvalue weighted by Gasteiger charge is -2.09. The fourth-order valence-electron chi connectivity index (χ4n) is 2.56. The van der Waals surface area contributed by atoms with E-state index in [0.29, 0.717) is 42.4 Å². The second-order valence-corrected chi connectivity index (χ2v) is 5.98. The molecule has 3 heterocycles. The van der Waals surface area contributed by atoms with E-state index < -0.39 is 5.97 Å². The molecule has 0 aliphatic rings. The highest BCUT2D eigenvalue weighted by Crippen LogP contribution is 2.27. The van der Waals surface area contributed by atoms with Gasteiger partial charge in [-0.05, 0) is 43.1 Å². The summed E-state index contributed by atoms with van der Waals surface area (Å²) in [4.78, 5) is 24.9. The Kier molecular flexibility index (Phi) is 5.82. The number of esters is 1. The molecule has 0 radical (unpaired) electrons. The Morgan fingerprint density at radius 3 is 2.89 bits per heavy atom. The van der Waals surface area contributed by atoms with Gasteiger partial charge in [-0.1, -0.05) is 0 Å². The SMILES string of the molecule is CCOCCn1nc(C(=O)OC)c2nc(Cl)nc(Nc3cc(C)ccn3)c21. The summed E-state index contributed by atoms with van der Waals surface area (Å²) in [7, 11) is 1.28. The number of aromatic nitrogens is 5. The number of hydrogen-bond acceptors (Lipinski definition) is 8. The number of methoxy groups -OCH3 is 1. The number of nitrogens with one attached hydrogen (secondary N) is 1. The maximum absolute atomic E-state index is 12.1. The van der Waals surface area contributed by atoms with Crippen molar-refractivity contribution in [1.82, 2.24) is 24.7 Å². The summed E-state index contributed by atoms with van der Waals surface area (Å²) >= 11 is 6.08. The van der Waals surface area contributed by atoms with Crippen LogP contribution in [0.15, 0.2) is 18.3 Å². The molecule has 0 saturated carbocycles. The van der Waals surface area contributed by atoms with Crippen LogP contribution in [0.1, 0.15) is 23.0 Å². The molecular formula is C17H19ClN6O3. The average Bonchev–Trinajstić information content (AvgIpc) is 3.00. The molecule has 0 saturated heterocycles. The molecule has 0 bridgehead atoms. The minimum atomic E-state index is -0.607. The number of halogens is 1. The molecule has 3 aromatic rings. The van der Waals surface area contributed by atoms with Crippen LogP contribution in [-0.2, 0) is 16.0 Å². The monoisotopic (exact) mass is 390 g/mol. The van der Waals surface area contributed by atoms with E-state index in [-0.39, 0.29) is 11.0 Å². The predicted octanol–water partition coefficient (Wildman–Crippen LogP) is 2.75. The van der Waals surface area contributed by atoms with Crippen molar-refractivity contribution in [3.05, 3.63) is 34.9 Å². The van der Waals surface area contributed by atoms with E-state index >= 15 is 0 Å². The molecule has 9 nitrogen and oxygen atoms in total. The van der Waals surface area contributed by atoms with Crippen LogP contribution < -0.4 is 5.32 Å². The fourth-order valence-corrected chi connectivity index (χ4v) is 2.73. The topological polar surface area (TPSA) is 104 Å². The molecule has 10 heteroatoms. The first-order valence-electron chi connectivity index (χ1n) is 8.33. The van der Waals surface area contributed by atoms with Crippen LogP contribution in [0.5, 0.6) is 0 Å². The Labute approximate surface area is 160 Å². The zero-order valence-electron chi connectivity index (χ0n) is 15.2. The number of rotatable bonds is 7. The number of fused-ring (bicyclic) bond motifs is 1. The number of ether oxygens (including phenoxy) is 2. The zero-order chi connectivity index (χ0) is 19.4. The molecule has 0 aliphatic heterocycles. The third-order valence-corrected chi connectivity index (χ3v) is 3.92. The van der Waals surface area contributed by atoms with E-state index in [2.05, 4.69) is 25.4 Å². The minimum absolute atomic E-state index is 0.0211. The third kappa shape index (κ3) is 4.15.